The van der Waals surface area contributed by atoms with Crippen LogP contribution in [0, 0.1) is 0 Å². The van der Waals surface area contributed by atoms with Crippen LogP contribution in [-0.4, -0.2) is 27.9 Å². The number of hydrogen-bond acceptors (Lipinski definition) is 2. The Morgan fingerprint density at radius 3 is 2.63 bits per heavy atom. The molecule has 19 heavy (non-hydrogen) atoms. The summed E-state index contributed by atoms with van der Waals surface area (Å²) in [6.45, 7) is 0.694. The van der Waals surface area contributed by atoms with Crippen molar-refractivity contribution in [3.63, 3.8) is 0 Å². The van der Waals surface area contributed by atoms with Crippen LogP contribution in [0.4, 0.5) is 0 Å². The van der Waals surface area contributed by atoms with Gasteiger partial charge in [-0.2, -0.15) is 0 Å². The average molecular weight is 257 g/mol. The van der Waals surface area contributed by atoms with E-state index in [0.717, 1.165) is 29.5 Å². The van der Waals surface area contributed by atoms with Crippen molar-refractivity contribution in [2.45, 2.75) is 43.7 Å². The molecule has 0 saturated heterocycles. The van der Waals surface area contributed by atoms with Crippen molar-refractivity contribution in [3.8, 4) is 0 Å². The molecule has 1 aliphatic heterocycles. The van der Waals surface area contributed by atoms with Crippen molar-refractivity contribution in [1.29, 1.82) is 0 Å². The third kappa shape index (κ3) is 1.46. The number of aliphatic carboxylic acids is 1. The Hall–Kier alpha value is -1.84. The second kappa shape index (κ2) is 3.38. The lowest BCUT2D eigenvalue weighted by molar-refractivity contribution is -0.140. The van der Waals surface area contributed by atoms with E-state index in [-0.39, 0.29) is 5.91 Å². The summed E-state index contributed by atoms with van der Waals surface area (Å²) in [5.41, 5.74) is 1.84. The molecule has 4 heteroatoms. The molecule has 2 saturated carbocycles. The first kappa shape index (κ1) is 11.0. The van der Waals surface area contributed by atoms with Gasteiger partial charge in [-0.05, 0) is 42.9 Å². The van der Waals surface area contributed by atoms with Gasteiger partial charge in [-0.25, -0.2) is 0 Å². The minimum Gasteiger partial charge on any atom is -0.481 e. The Morgan fingerprint density at radius 1 is 1.32 bits per heavy atom. The van der Waals surface area contributed by atoms with Gasteiger partial charge in [0.1, 0.15) is 0 Å². The number of benzene rings is 1. The number of carbonyl (C=O) groups excluding carboxylic acids is 1. The highest BCUT2D eigenvalue weighted by atomic mass is 16.4. The lowest BCUT2D eigenvalue weighted by atomic mass is 9.93. The summed E-state index contributed by atoms with van der Waals surface area (Å²) in [5.74, 6) is -0.683. The lowest BCUT2D eigenvalue weighted by Crippen LogP contribution is -2.26. The summed E-state index contributed by atoms with van der Waals surface area (Å²) in [5, 5.41) is 9.33. The molecule has 2 fully saturated rings. The Balaban J connectivity index is 1.72. The smallest absolute Gasteiger partial charge is 0.314 e. The zero-order valence-corrected chi connectivity index (χ0v) is 10.6. The summed E-state index contributed by atoms with van der Waals surface area (Å²) in [7, 11) is 0. The molecule has 0 atom stereocenters. The number of carboxylic acid groups (broad SMARTS) is 1. The normalized spacial score (nSPS) is 23.4. The zero-order valence-electron chi connectivity index (χ0n) is 10.6. The predicted molar refractivity (Wildman–Crippen MR) is 67.9 cm³/mol. The van der Waals surface area contributed by atoms with Crippen molar-refractivity contribution < 1.29 is 14.7 Å². The highest BCUT2D eigenvalue weighted by molar-refractivity contribution is 5.99. The van der Waals surface area contributed by atoms with E-state index in [2.05, 4.69) is 0 Å². The van der Waals surface area contributed by atoms with E-state index in [0.29, 0.717) is 25.4 Å². The van der Waals surface area contributed by atoms with Gasteiger partial charge in [-0.15, -0.1) is 0 Å². The van der Waals surface area contributed by atoms with Crippen LogP contribution in [0.25, 0.3) is 0 Å². The molecule has 98 valence electrons. The maximum Gasteiger partial charge on any atom is 0.314 e. The van der Waals surface area contributed by atoms with Crippen LogP contribution < -0.4 is 0 Å². The van der Waals surface area contributed by atoms with Crippen LogP contribution in [0.1, 0.15) is 47.2 Å². The Kier molecular flexibility index (Phi) is 1.96. The van der Waals surface area contributed by atoms with Gasteiger partial charge in [0.05, 0.1) is 5.41 Å². The quantitative estimate of drug-likeness (QED) is 0.900. The second-order valence-electron chi connectivity index (χ2n) is 5.92. The van der Waals surface area contributed by atoms with Gasteiger partial charge in [-0.3, -0.25) is 9.59 Å². The molecule has 2 aliphatic carbocycles. The van der Waals surface area contributed by atoms with Crippen LogP contribution >= 0.6 is 0 Å². The largest absolute Gasteiger partial charge is 0.481 e. The SMILES string of the molecule is O=C1c2cc(C3(C(=O)O)CC3)ccc2CN1C1CC1. The van der Waals surface area contributed by atoms with Crippen LogP contribution in [0.3, 0.4) is 0 Å². The third-order valence-electron chi connectivity index (χ3n) is 4.64. The Morgan fingerprint density at radius 2 is 2.05 bits per heavy atom. The van der Waals surface area contributed by atoms with Gasteiger partial charge in [0.15, 0.2) is 0 Å². The highest BCUT2D eigenvalue weighted by Crippen LogP contribution is 2.49. The molecule has 1 N–H and O–H groups in total. The molecule has 1 heterocycles. The van der Waals surface area contributed by atoms with Gasteiger partial charge in [0, 0.05) is 18.2 Å². The zero-order chi connectivity index (χ0) is 13.2. The van der Waals surface area contributed by atoms with Crippen LogP contribution in [0.5, 0.6) is 0 Å². The fraction of sp³-hybridized carbons (Fsp3) is 0.467. The van der Waals surface area contributed by atoms with Crippen molar-refractivity contribution in [3.05, 3.63) is 34.9 Å². The first-order valence-corrected chi connectivity index (χ1v) is 6.80. The summed E-state index contributed by atoms with van der Waals surface area (Å²) < 4.78 is 0. The monoisotopic (exact) mass is 257 g/mol. The molecular formula is C15H15NO3. The molecule has 0 aromatic heterocycles. The van der Waals surface area contributed by atoms with Gasteiger partial charge in [0.25, 0.3) is 5.91 Å². The predicted octanol–water partition coefficient (Wildman–Crippen LogP) is 1.92. The van der Waals surface area contributed by atoms with Crippen molar-refractivity contribution in [2.75, 3.05) is 0 Å². The summed E-state index contributed by atoms with van der Waals surface area (Å²) in [6, 6.07) is 6.07. The Labute approximate surface area is 111 Å². The van der Waals surface area contributed by atoms with E-state index >= 15 is 0 Å². The number of amides is 1. The molecule has 4 rings (SSSR count). The highest BCUT2D eigenvalue weighted by Gasteiger charge is 2.52. The maximum absolute atomic E-state index is 12.3. The molecule has 0 bridgehead atoms. The average Bonchev–Trinajstić information content (AvgIpc) is 3.28. The van der Waals surface area contributed by atoms with Gasteiger partial charge < -0.3 is 10.0 Å². The Bertz CT molecular complexity index is 599. The van der Waals surface area contributed by atoms with E-state index in [1.165, 1.54) is 0 Å². The molecule has 0 unspecified atom stereocenters. The summed E-state index contributed by atoms with van der Waals surface area (Å²) >= 11 is 0. The molecule has 4 nitrogen and oxygen atoms in total. The van der Waals surface area contributed by atoms with E-state index in [1.807, 2.05) is 23.1 Å². The minimum atomic E-state index is -0.767. The van der Waals surface area contributed by atoms with E-state index < -0.39 is 11.4 Å². The van der Waals surface area contributed by atoms with Crippen molar-refractivity contribution in [1.82, 2.24) is 4.90 Å². The lowest BCUT2D eigenvalue weighted by Gasteiger charge is -2.13. The molecule has 1 amide bonds. The summed E-state index contributed by atoms with van der Waals surface area (Å²) in [6.07, 6.45) is 3.57. The van der Waals surface area contributed by atoms with E-state index in [4.69, 9.17) is 0 Å². The maximum atomic E-state index is 12.3. The fourth-order valence-corrected chi connectivity index (χ4v) is 3.05. The number of nitrogens with zero attached hydrogens (tertiary/aromatic N) is 1. The van der Waals surface area contributed by atoms with E-state index in [1.54, 1.807) is 0 Å². The van der Waals surface area contributed by atoms with Gasteiger partial charge >= 0.3 is 5.97 Å². The van der Waals surface area contributed by atoms with Gasteiger partial charge in [-0.1, -0.05) is 12.1 Å². The third-order valence-corrected chi connectivity index (χ3v) is 4.64. The first-order valence-electron chi connectivity index (χ1n) is 6.80. The van der Waals surface area contributed by atoms with Crippen LogP contribution in [-0.2, 0) is 16.8 Å². The number of hydrogen-bond donors (Lipinski definition) is 1. The van der Waals surface area contributed by atoms with Crippen LogP contribution in [0.2, 0.25) is 0 Å². The van der Waals surface area contributed by atoms with Crippen molar-refractivity contribution >= 4 is 11.9 Å². The first-order chi connectivity index (χ1) is 9.12. The fourth-order valence-electron chi connectivity index (χ4n) is 3.05. The molecular weight excluding hydrogens is 242 g/mol. The molecule has 0 radical (unpaired) electrons. The summed E-state index contributed by atoms with van der Waals surface area (Å²) in [4.78, 5) is 25.6. The van der Waals surface area contributed by atoms with Gasteiger partial charge in [0.2, 0.25) is 0 Å². The number of carbonyl (C=O) groups is 2. The van der Waals surface area contributed by atoms with Crippen molar-refractivity contribution in [2.24, 2.45) is 0 Å². The molecule has 0 spiro atoms. The number of fused-ring (bicyclic) bond motifs is 1. The molecule has 1 aromatic rings. The topological polar surface area (TPSA) is 57.6 Å². The minimum absolute atomic E-state index is 0.0838. The van der Waals surface area contributed by atoms with E-state index in [9.17, 15) is 14.7 Å². The molecule has 1 aromatic carbocycles. The molecule has 3 aliphatic rings. The number of rotatable bonds is 3. The standard InChI is InChI=1S/C15H15NO3/c17-13-12-7-10(15(5-6-15)14(18)19)2-1-9(12)8-16(13)11-3-4-11/h1-2,7,11H,3-6,8H2,(H,18,19). The second-order valence-corrected chi connectivity index (χ2v) is 5.92. The van der Waals surface area contributed by atoms with Crippen LogP contribution in [0.15, 0.2) is 18.2 Å². The number of carboxylic acids is 1.